The van der Waals surface area contributed by atoms with Crippen LogP contribution in [0.25, 0.3) is 11.3 Å². The van der Waals surface area contributed by atoms with Crippen LogP contribution in [-0.4, -0.2) is 23.4 Å². The van der Waals surface area contributed by atoms with E-state index in [1.54, 1.807) is 25.1 Å². The van der Waals surface area contributed by atoms with E-state index in [-0.39, 0.29) is 18.4 Å². The van der Waals surface area contributed by atoms with Crippen LogP contribution in [0.5, 0.6) is 11.5 Å². The van der Waals surface area contributed by atoms with Gasteiger partial charge in [-0.1, -0.05) is 18.0 Å². The number of aromatic nitrogens is 1. The minimum absolute atomic E-state index is 0.174. The molecule has 1 aliphatic rings. The third-order valence-electron chi connectivity index (χ3n) is 3.81. The number of rotatable bonds is 4. The number of ether oxygens (including phenoxy) is 2. The first-order valence-electron chi connectivity index (χ1n) is 7.21. The minimum atomic E-state index is -0.713. The second kappa shape index (κ2) is 5.69. The van der Waals surface area contributed by atoms with Gasteiger partial charge in [0.25, 0.3) is 5.91 Å². The van der Waals surface area contributed by atoms with E-state index in [0.29, 0.717) is 23.7 Å². The largest absolute Gasteiger partial charge is 0.454 e. The van der Waals surface area contributed by atoms with Gasteiger partial charge in [0.2, 0.25) is 6.79 Å². The molecule has 0 saturated carbocycles. The Labute approximate surface area is 133 Å². The molecule has 23 heavy (non-hydrogen) atoms. The van der Waals surface area contributed by atoms with Crippen molar-refractivity contribution in [3.63, 3.8) is 0 Å². The van der Waals surface area contributed by atoms with Gasteiger partial charge in [0.05, 0.1) is 5.54 Å². The maximum Gasteiger partial charge on any atom is 0.274 e. The van der Waals surface area contributed by atoms with Crippen molar-refractivity contribution in [1.82, 2.24) is 10.5 Å². The number of carbonyl (C=O) groups excluding carboxylic acids is 1. The number of hydrogen-bond donors (Lipinski definition) is 1. The van der Waals surface area contributed by atoms with E-state index in [4.69, 9.17) is 20.4 Å². The van der Waals surface area contributed by atoms with Gasteiger partial charge < -0.3 is 19.3 Å². The van der Waals surface area contributed by atoms with E-state index in [1.165, 1.54) is 0 Å². The smallest absolute Gasteiger partial charge is 0.274 e. The summed E-state index contributed by atoms with van der Waals surface area (Å²) < 4.78 is 15.8. The zero-order chi connectivity index (χ0) is 16.4. The molecule has 1 aliphatic heterocycles. The van der Waals surface area contributed by atoms with Crippen LogP contribution in [0, 0.1) is 12.3 Å². The molecular formula is C17H16N2O4. The molecule has 0 radical (unpaired) electrons. The molecule has 1 N–H and O–H groups in total. The number of hydrogen-bond acceptors (Lipinski definition) is 5. The van der Waals surface area contributed by atoms with Crippen molar-refractivity contribution in [3.05, 3.63) is 30.0 Å². The lowest BCUT2D eigenvalue weighted by atomic mass is 10.00. The van der Waals surface area contributed by atoms with E-state index in [2.05, 4.69) is 16.4 Å². The topological polar surface area (TPSA) is 73.6 Å². The average molecular weight is 312 g/mol. The second-order valence-corrected chi connectivity index (χ2v) is 5.43. The van der Waals surface area contributed by atoms with Crippen molar-refractivity contribution in [1.29, 1.82) is 0 Å². The van der Waals surface area contributed by atoms with Gasteiger partial charge in [-0.25, -0.2) is 0 Å². The molecule has 3 rings (SSSR count). The summed E-state index contributed by atoms with van der Waals surface area (Å²) in [7, 11) is 0. The average Bonchev–Trinajstić information content (AvgIpc) is 3.22. The van der Waals surface area contributed by atoms with Crippen LogP contribution >= 0.6 is 0 Å². The fourth-order valence-electron chi connectivity index (χ4n) is 2.11. The predicted molar refractivity (Wildman–Crippen MR) is 83.1 cm³/mol. The van der Waals surface area contributed by atoms with Gasteiger partial charge in [-0.15, -0.1) is 6.42 Å². The first kappa shape index (κ1) is 15.0. The summed E-state index contributed by atoms with van der Waals surface area (Å²) in [6.45, 7) is 3.88. The van der Waals surface area contributed by atoms with Gasteiger partial charge in [-0.3, -0.25) is 4.79 Å². The first-order chi connectivity index (χ1) is 11.0. The standard InChI is InChI=1S/C17H16N2O4/c1-4-17(3,5-2)18-16(20)12-9-14(23-19-12)11-6-7-13-15(8-11)22-10-21-13/h1,6-9H,5,10H2,2-3H3,(H,18,20). The van der Waals surface area contributed by atoms with Crippen LogP contribution in [0.1, 0.15) is 30.8 Å². The Bertz CT molecular complexity index is 790. The van der Waals surface area contributed by atoms with E-state index in [9.17, 15) is 4.79 Å². The Kier molecular flexibility index (Phi) is 3.70. The molecule has 0 spiro atoms. The fraction of sp³-hybridized carbons (Fsp3) is 0.294. The molecule has 0 aliphatic carbocycles. The van der Waals surface area contributed by atoms with Crippen molar-refractivity contribution >= 4 is 5.91 Å². The van der Waals surface area contributed by atoms with Crippen LogP contribution in [0.4, 0.5) is 0 Å². The Morgan fingerprint density at radius 2 is 2.17 bits per heavy atom. The van der Waals surface area contributed by atoms with Gasteiger partial charge in [0.15, 0.2) is 23.0 Å². The summed E-state index contributed by atoms with van der Waals surface area (Å²) in [6, 6.07) is 6.95. The predicted octanol–water partition coefficient (Wildman–Crippen LogP) is 2.60. The third kappa shape index (κ3) is 2.86. The fourth-order valence-corrected chi connectivity index (χ4v) is 2.11. The monoisotopic (exact) mass is 312 g/mol. The van der Waals surface area contributed by atoms with Crippen LogP contribution < -0.4 is 14.8 Å². The number of fused-ring (bicyclic) bond motifs is 1. The Morgan fingerprint density at radius 1 is 1.39 bits per heavy atom. The molecule has 1 amide bonds. The van der Waals surface area contributed by atoms with E-state index in [1.807, 2.05) is 13.0 Å². The second-order valence-electron chi connectivity index (χ2n) is 5.43. The summed E-state index contributed by atoms with van der Waals surface area (Å²) in [6.07, 6.45) is 6.07. The van der Waals surface area contributed by atoms with Crippen molar-refractivity contribution in [2.24, 2.45) is 0 Å². The molecule has 1 atom stereocenters. The zero-order valence-corrected chi connectivity index (χ0v) is 12.9. The maximum atomic E-state index is 12.2. The number of benzene rings is 1. The summed E-state index contributed by atoms with van der Waals surface area (Å²) in [5, 5.41) is 6.58. The van der Waals surface area contributed by atoms with Gasteiger partial charge in [0.1, 0.15) is 0 Å². The van der Waals surface area contributed by atoms with Gasteiger partial charge >= 0.3 is 0 Å². The molecule has 0 bridgehead atoms. The van der Waals surface area contributed by atoms with Gasteiger partial charge in [-0.05, 0) is 31.5 Å². The summed E-state index contributed by atoms with van der Waals surface area (Å²) in [5.41, 5.74) is 0.207. The molecule has 1 unspecified atom stereocenters. The first-order valence-corrected chi connectivity index (χ1v) is 7.21. The van der Waals surface area contributed by atoms with Gasteiger partial charge in [-0.2, -0.15) is 0 Å². The van der Waals surface area contributed by atoms with Crippen molar-refractivity contribution in [3.8, 4) is 35.2 Å². The summed E-state index contributed by atoms with van der Waals surface area (Å²) >= 11 is 0. The molecule has 6 nitrogen and oxygen atoms in total. The molecular weight excluding hydrogens is 296 g/mol. The number of amides is 1. The highest BCUT2D eigenvalue weighted by molar-refractivity contribution is 5.93. The van der Waals surface area contributed by atoms with Crippen molar-refractivity contribution in [2.45, 2.75) is 25.8 Å². The molecule has 1 aromatic heterocycles. The van der Waals surface area contributed by atoms with Crippen molar-refractivity contribution in [2.75, 3.05) is 6.79 Å². The highest BCUT2D eigenvalue weighted by Gasteiger charge is 2.24. The maximum absolute atomic E-state index is 12.2. The Hall–Kier alpha value is -2.94. The van der Waals surface area contributed by atoms with Crippen LogP contribution in [0.2, 0.25) is 0 Å². The molecule has 6 heteroatoms. The van der Waals surface area contributed by atoms with Gasteiger partial charge in [0, 0.05) is 11.6 Å². The summed E-state index contributed by atoms with van der Waals surface area (Å²) in [5.74, 6) is 3.98. The molecule has 0 fully saturated rings. The van der Waals surface area contributed by atoms with Crippen LogP contribution in [0.15, 0.2) is 28.8 Å². The quantitative estimate of drug-likeness (QED) is 0.878. The highest BCUT2D eigenvalue weighted by atomic mass is 16.7. The Balaban J connectivity index is 1.81. The molecule has 2 aromatic rings. The van der Waals surface area contributed by atoms with E-state index in [0.717, 1.165) is 5.56 Å². The third-order valence-corrected chi connectivity index (χ3v) is 3.81. The zero-order valence-electron chi connectivity index (χ0n) is 12.9. The minimum Gasteiger partial charge on any atom is -0.454 e. The van der Waals surface area contributed by atoms with Crippen LogP contribution in [0.3, 0.4) is 0 Å². The number of nitrogens with zero attached hydrogens (tertiary/aromatic N) is 1. The lowest BCUT2D eigenvalue weighted by Crippen LogP contribution is -2.44. The highest BCUT2D eigenvalue weighted by Crippen LogP contribution is 2.36. The summed E-state index contributed by atoms with van der Waals surface area (Å²) in [4.78, 5) is 12.2. The van der Waals surface area contributed by atoms with E-state index < -0.39 is 5.54 Å². The molecule has 118 valence electrons. The van der Waals surface area contributed by atoms with Crippen molar-refractivity contribution < 1.29 is 18.8 Å². The number of terminal acetylenes is 1. The molecule has 0 saturated heterocycles. The molecule has 2 heterocycles. The lowest BCUT2D eigenvalue weighted by molar-refractivity contribution is 0.0914. The Morgan fingerprint density at radius 3 is 2.91 bits per heavy atom. The molecule has 1 aromatic carbocycles. The number of nitrogens with one attached hydrogen (secondary N) is 1. The van der Waals surface area contributed by atoms with E-state index >= 15 is 0 Å². The SMILES string of the molecule is C#CC(C)(CC)NC(=O)c1cc(-c2ccc3c(c2)OCO3)on1. The normalized spacial score (nSPS) is 14.8. The lowest BCUT2D eigenvalue weighted by Gasteiger charge is -2.22. The number of carbonyl (C=O) groups is 1. The van der Waals surface area contributed by atoms with Crippen LogP contribution in [-0.2, 0) is 0 Å².